The summed E-state index contributed by atoms with van der Waals surface area (Å²) in [6.45, 7) is 1.04. The topological polar surface area (TPSA) is 58.6 Å². The largest absolute Gasteiger partial charge is 0.465 e. The van der Waals surface area contributed by atoms with Crippen molar-refractivity contribution in [3.05, 3.63) is 52.2 Å². The number of likely N-dealkylation sites (tertiary alicyclic amines) is 1. The molecule has 6 heteroatoms. The van der Waals surface area contributed by atoms with E-state index in [1.54, 1.807) is 17.0 Å². The molecule has 4 rings (SSSR count). The van der Waals surface area contributed by atoms with Crippen LogP contribution in [-0.2, 0) is 0 Å². The summed E-state index contributed by atoms with van der Waals surface area (Å²) in [5.41, 5.74) is -0.281. The molecule has 0 aliphatic carbocycles. The number of amides is 2. The molecule has 1 saturated heterocycles. The minimum Gasteiger partial charge on any atom is -0.465 e. The number of piperidine rings is 1. The maximum absolute atomic E-state index is 12.6. The van der Waals surface area contributed by atoms with Crippen LogP contribution >= 0.6 is 11.3 Å². The van der Waals surface area contributed by atoms with Crippen molar-refractivity contribution in [2.24, 2.45) is 0 Å². The first-order chi connectivity index (χ1) is 11.2. The first kappa shape index (κ1) is 14.3. The number of carbonyl (C=O) groups excluding carboxylic acids is 2. The van der Waals surface area contributed by atoms with E-state index in [-0.39, 0.29) is 11.8 Å². The molecular formula is C17H16N2O3S. The molecule has 2 aliphatic heterocycles. The van der Waals surface area contributed by atoms with Crippen molar-refractivity contribution in [1.82, 2.24) is 10.2 Å². The second-order valence-corrected chi connectivity index (χ2v) is 6.80. The van der Waals surface area contributed by atoms with E-state index in [1.807, 2.05) is 29.6 Å². The summed E-state index contributed by atoms with van der Waals surface area (Å²) in [7, 11) is 0. The molecule has 1 unspecified atom stereocenters. The minimum absolute atomic E-state index is 0.00391. The quantitative estimate of drug-likeness (QED) is 0.875. The smallest absolute Gasteiger partial charge is 0.264 e. The third-order valence-electron chi connectivity index (χ3n) is 4.25. The molecule has 0 radical (unpaired) electrons. The number of nitrogens with one attached hydrogen (secondary N) is 1. The second kappa shape index (κ2) is 5.38. The zero-order valence-corrected chi connectivity index (χ0v) is 13.3. The standard InChI is InChI=1S/C17H16N2O3S/c20-15-12-5-1-2-6-13(12)22-17(18-15)8-4-9-19(11-17)16(21)14-7-3-10-23-14/h1-3,5-7,10H,4,8-9,11H2,(H,18,20). The Morgan fingerprint density at radius 1 is 1.26 bits per heavy atom. The lowest BCUT2D eigenvalue weighted by Gasteiger charge is -2.45. The Hall–Kier alpha value is -2.34. The SMILES string of the molecule is O=C1NC2(CCCN(C(=O)c3cccs3)C2)Oc2ccccc21. The summed E-state index contributed by atoms with van der Waals surface area (Å²) in [6.07, 6.45) is 1.49. The van der Waals surface area contributed by atoms with Crippen molar-refractivity contribution in [1.29, 1.82) is 0 Å². The van der Waals surface area contributed by atoms with Gasteiger partial charge in [0, 0.05) is 13.0 Å². The van der Waals surface area contributed by atoms with Gasteiger partial charge in [0.1, 0.15) is 5.75 Å². The lowest BCUT2D eigenvalue weighted by molar-refractivity contribution is -0.0312. The number of fused-ring (bicyclic) bond motifs is 1. The molecule has 1 atom stereocenters. The highest BCUT2D eigenvalue weighted by atomic mass is 32.1. The third kappa shape index (κ3) is 2.49. The molecule has 0 saturated carbocycles. The number of ether oxygens (including phenoxy) is 1. The van der Waals surface area contributed by atoms with Crippen molar-refractivity contribution >= 4 is 23.2 Å². The minimum atomic E-state index is -0.823. The maximum Gasteiger partial charge on any atom is 0.264 e. The first-order valence-electron chi connectivity index (χ1n) is 7.60. The number of rotatable bonds is 1. The Morgan fingerprint density at radius 3 is 2.96 bits per heavy atom. The van der Waals surface area contributed by atoms with Crippen LogP contribution in [0.25, 0.3) is 0 Å². The van der Waals surface area contributed by atoms with Crippen LogP contribution in [0.3, 0.4) is 0 Å². The lowest BCUT2D eigenvalue weighted by atomic mass is 9.98. The van der Waals surface area contributed by atoms with Gasteiger partial charge in [0.05, 0.1) is 17.0 Å². The van der Waals surface area contributed by atoms with Gasteiger partial charge in [0.15, 0.2) is 0 Å². The van der Waals surface area contributed by atoms with Crippen LogP contribution in [0.5, 0.6) is 5.75 Å². The Labute approximate surface area is 137 Å². The van der Waals surface area contributed by atoms with Gasteiger partial charge < -0.3 is 15.0 Å². The Kier molecular flexibility index (Phi) is 3.34. The molecule has 118 valence electrons. The average molecular weight is 328 g/mol. The molecule has 2 amide bonds. The van der Waals surface area contributed by atoms with Crippen molar-refractivity contribution in [2.45, 2.75) is 18.6 Å². The predicted octanol–water partition coefficient (Wildman–Crippen LogP) is 2.50. The van der Waals surface area contributed by atoms with Crippen molar-refractivity contribution < 1.29 is 14.3 Å². The van der Waals surface area contributed by atoms with E-state index in [0.29, 0.717) is 35.7 Å². The van der Waals surface area contributed by atoms with E-state index in [9.17, 15) is 9.59 Å². The van der Waals surface area contributed by atoms with Gasteiger partial charge in [-0.05, 0) is 30.0 Å². The van der Waals surface area contributed by atoms with E-state index in [0.717, 1.165) is 6.42 Å². The monoisotopic (exact) mass is 328 g/mol. The normalized spacial score (nSPS) is 23.1. The molecule has 5 nitrogen and oxygen atoms in total. The summed E-state index contributed by atoms with van der Waals surface area (Å²) >= 11 is 1.43. The summed E-state index contributed by atoms with van der Waals surface area (Å²) in [5.74, 6) is 0.440. The number of nitrogens with zero attached hydrogens (tertiary/aromatic N) is 1. The van der Waals surface area contributed by atoms with E-state index in [2.05, 4.69) is 5.32 Å². The summed E-state index contributed by atoms with van der Waals surface area (Å²) < 4.78 is 6.11. The summed E-state index contributed by atoms with van der Waals surface area (Å²) in [4.78, 5) is 27.4. The zero-order chi connectivity index (χ0) is 15.9. The van der Waals surface area contributed by atoms with E-state index in [1.165, 1.54) is 11.3 Å². The van der Waals surface area contributed by atoms with Crippen LogP contribution in [0.1, 0.15) is 32.9 Å². The lowest BCUT2D eigenvalue weighted by Crippen LogP contribution is -2.64. The van der Waals surface area contributed by atoms with E-state index < -0.39 is 5.72 Å². The Bertz CT molecular complexity index is 759. The van der Waals surface area contributed by atoms with E-state index in [4.69, 9.17) is 4.74 Å². The van der Waals surface area contributed by atoms with Crippen LogP contribution in [-0.4, -0.2) is 35.5 Å². The summed E-state index contributed by atoms with van der Waals surface area (Å²) in [5, 5.41) is 4.86. The molecule has 2 aromatic rings. The second-order valence-electron chi connectivity index (χ2n) is 5.85. The van der Waals surface area contributed by atoms with Crippen LogP contribution < -0.4 is 10.1 Å². The number of para-hydroxylation sites is 1. The third-order valence-corrected chi connectivity index (χ3v) is 5.11. The fourth-order valence-electron chi connectivity index (χ4n) is 3.19. The van der Waals surface area contributed by atoms with Crippen molar-refractivity contribution in [2.75, 3.05) is 13.1 Å². The molecule has 1 aromatic heterocycles. The number of carbonyl (C=O) groups is 2. The molecule has 23 heavy (non-hydrogen) atoms. The van der Waals surface area contributed by atoms with Gasteiger partial charge in [-0.15, -0.1) is 11.3 Å². The van der Waals surface area contributed by atoms with Gasteiger partial charge in [-0.25, -0.2) is 0 Å². The molecule has 1 aromatic carbocycles. The number of thiophene rings is 1. The van der Waals surface area contributed by atoms with Crippen LogP contribution in [0.15, 0.2) is 41.8 Å². The molecule has 1 spiro atoms. The van der Waals surface area contributed by atoms with Crippen LogP contribution in [0, 0.1) is 0 Å². The number of benzene rings is 1. The fraction of sp³-hybridized carbons (Fsp3) is 0.294. The van der Waals surface area contributed by atoms with Crippen LogP contribution in [0.4, 0.5) is 0 Å². The Morgan fingerprint density at radius 2 is 2.13 bits per heavy atom. The highest BCUT2D eigenvalue weighted by Gasteiger charge is 2.44. The van der Waals surface area contributed by atoms with Gasteiger partial charge in [-0.2, -0.15) is 0 Å². The average Bonchev–Trinajstić information content (AvgIpc) is 3.08. The molecule has 3 heterocycles. The Balaban J connectivity index is 1.60. The van der Waals surface area contributed by atoms with Gasteiger partial charge >= 0.3 is 0 Å². The zero-order valence-electron chi connectivity index (χ0n) is 12.5. The van der Waals surface area contributed by atoms with E-state index >= 15 is 0 Å². The highest BCUT2D eigenvalue weighted by molar-refractivity contribution is 7.12. The van der Waals surface area contributed by atoms with Gasteiger partial charge in [-0.1, -0.05) is 18.2 Å². The molecule has 1 N–H and O–H groups in total. The van der Waals surface area contributed by atoms with Crippen LogP contribution in [0.2, 0.25) is 0 Å². The van der Waals surface area contributed by atoms with Crippen molar-refractivity contribution in [3.63, 3.8) is 0 Å². The molecule has 1 fully saturated rings. The molecular weight excluding hydrogens is 312 g/mol. The molecule has 2 aliphatic rings. The maximum atomic E-state index is 12.6. The number of hydrogen-bond acceptors (Lipinski definition) is 4. The molecule has 0 bridgehead atoms. The summed E-state index contributed by atoms with van der Waals surface area (Å²) in [6, 6.07) is 10.9. The first-order valence-corrected chi connectivity index (χ1v) is 8.48. The van der Waals surface area contributed by atoms with Gasteiger partial charge in [-0.3, -0.25) is 9.59 Å². The number of hydrogen-bond donors (Lipinski definition) is 1. The fourth-order valence-corrected chi connectivity index (χ4v) is 3.88. The van der Waals surface area contributed by atoms with Crippen molar-refractivity contribution in [3.8, 4) is 5.75 Å². The predicted molar refractivity (Wildman–Crippen MR) is 86.7 cm³/mol. The van der Waals surface area contributed by atoms with Gasteiger partial charge in [0.25, 0.3) is 11.8 Å². The highest BCUT2D eigenvalue weighted by Crippen LogP contribution is 2.33. The van der Waals surface area contributed by atoms with Gasteiger partial charge in [0.2, 0.25) is 5.72 Å².